The number of carbonyl (C=O) groups excluding carboxylic acids is 1. The second-order valence-corrected chi connectivity index (χ2v) is 4.25. The zero-order valence-electron chi connectivity index (χ0n) is 11.4. The topological polar surface area (TPSA) is 50.4 Å². The largest absolute Gasteiger partial charge is 0.483 e. The molecule has 0 radical (unpaired) electrons. The Labute approximate surface area is 109 Å². The number of amides is 1. The Morgan fingerprint density at radius 2 is 2.17 bits per heavy atom. The first kappa shape index (κ1) is 14.5. The van der Waals surface area contributed by atoms with Crippen LogP contribution in [0.5, 0.6) is 5.75 Å². The molecule has 1 aromatic carbocycles. The first-order valence-corrected chi connectivity index (χ1v) is 6.31. The summed E-state index contributed by atoms with van der Waals surface area (Å²) < 4.78 is 5.52. The fourth-order valence-electron chi connectivity index (χ4n) is 1.60. The maximum absolute atomic E-state index is 11.2. The molecule has 0 unspecified atom stereocenters. The van der Waals surface area contributed by atoms with Crippen LogP contribution in [0.2, 0.25) is 0 Å². The molecule has 0 aliphatic heterocycles. The first-order chi connectivity index (χ1) is 8.67. The minimum atomic E-state index is -0.122. The lowest BCUT2D eigenvalue weighted by molar-refractivity contribution is -0.122. The Balaban J connectivity index is 2.66. The Hall–Kier alpha value is -1.55. The molecule has 1 aromatic rings. The standard InChI is InChI=1S/C14H22N2O2/c1-4-7-16-9-12-8-11(2)5-6-13(12)18-10-14(17)15-3/h5-6,8,16H,4,7,9-10H2,1-3H3,(H,15,17). The van der Waals surface area contributed by atoms with Gasteiger partial charge in [-0.2, -0.15) is 0 Å². The molecular formula is C14H22N2O2. The molecule has 4 nitrogen and oxygen atoms in total. The van der Waals surface area contributed by atoms with Crippen LogP contribution in [0.15, 0.2) is 18.2 Å². The van der Waals surface area contributed by atoms with Crippen molar-refractivity contribution in [1.29, 1.82) is 0 Å². The minimum Gasteiger partial charge on any atom is -0.483 e. The third-order valence-corrected chi connectivity index (χ3v) is 2.60. The van der Waals surface area contributed by atoms with Gasteiger partial charge in [0.15, 0.2) is 6.61 Å². The third kappa shape index (κ3) is 4.75. The Kier molecular flexibility index (Phi) is 6.22. The van der Waals surface area contributed by atoms with Crippen LogP contribution in [-0.4, -0.2) is 26.1 Å². The van der Waals surface area contributed by atoms with E-state index in [0.29, 0.717) is 0 Å². The fraction of sp³-hybridized carbons (Fsp3) is 0.500. The molecule has 2 N–H and O–H groups in total. The molecule has 100 valence electrons. The van der Waals surface area contributed by atoms with Crippen molar-refractivity contribution in [2.24, 2.45) is 0 Å². The van der Waals surface area contributed by atoms with Crippen LogP contribution in [0.25, 0.3) is 0 Å². The van der Waals surface area contributed by atoms with Crippen molar-refractivity contribution in [2.45, 2.75) is 26.8 Å². The quantitative estimate of drug-likeness (QED) is 0.723. The third-order valence-electron chi connectivity index (χ3n) is 2.60. The predicted octanol–water partition coefficient (Wildman–Crippen LogP) is 1.62. The maximum Gasteiger partial charge on any atom is 0.257 e. The van der Waals surface area contributed by atoms with Gasteiger partial charge in [-0.1, -0.05) is 24.6 Å². The molecule has 0 aliphatic carbocycles. The minimum absolute atomic E-state index is 0.0559. The Morgan fingerprint density at radius 3 is 2.83 bits per heavy atom. The highest BCUT2D eigenvalue weighted by Crippen LogP contribution is 2.19. The highest BCUT2D eigenvalue weighted by atomic mass is 16.5. The molecule has 0 bridgehead atoms. The van der Waals surface area contributed by atoms with Crippen molar-refractivity contribution < 1.29 is 9.53 Å². The number of nitrogens with one attached hydrogen (secondary N) is 2. The summed E-state index contributed by atoms with van der Waals surface area (Å²) >= 11 is 0. The molecule has 18 heavy (non-hydrogen) atoms. The van der Waals surface area contributed by atoms with Crippen LogP contribution >= 0.6 is 0 Å². The molecule has 1 amide bonds. The number of likely N-dealkylation sites (N-methyl/N-ethyl adjacent to an activating group) is 1. The summed E-state index contributed by atoms with van der Waals surface area (Å²) in [6.45, 7) is 5.97. The van der Waals surface area contributed by atoms with Gasteiger partial charge in [0.05, 0.1) is 0 Å². The maximum atomic E-state index is 11.2. The van der Waals surface area contributed by atoms with Crippen LogP contribution in [0.1, 0.15) is 24.5 Å². The zero-order chi connectivity index (χ0) is 13.4. The van der Waals surface area contributed by atoms with Crippen molar-refractivity contribution in [3.05, 3.63) is 29.3 Å². The van der Waals surface area contributed by atoms with Crippen LogP contribution in [-0.2, 0) is 11.3 Å². The van der Waals surface area contributed by atoms with Gasteiger partial charge in [-0.05, 0) is 26.0 Å². The average molecular weight is 250 g/mol. The molecule has 0 heterocycles. The van der Waals surface area contributed by atoms with Gasteiger partial charge in [0.1, 0.15) is 5.75 Å². The summed E-state index contributed by atoms with van der Waals surface area (Å²) in [7, 11) is 1.60. The number of aryl methyl sites for hydroxylation is 1. The highest BCUT2D eigenvalue weighted by Gasteiger charge is 2.06. The number of hydrogen-bond donors (Lipinski definition) is 2. The van der Waals surface area contributed by atoms with Crippen molar-refractivity contribution in [2.75, 3.05) is 20.2 Å². The van der Waals surface area contributed by atoms with E-state index in [1.807, 2.05) is 19.1 Å². The van der Waals surface area contributed by atoms with Crippen molar-refractivity contribution in [1.82, 2.24) is 10.6 Å². The van der Waals surface area contributed by atoms with E-state index in [0.717, 1.165) is 30.8 Å². The van der Waals surface area contributed by atoms with Gasteiger partial charge in [0.25, 0.3) is 5.91 Å². The van der Waals surface area contributed by atoms with E-state index < -0.39 is 0 Å². The van der Waals surface area contributed by atoms with Crippen LogP contribution in [0, 0.1) is 6.92 Å². The van der Waals surface area contributed by atoms with Gasteiger partial charge in [-0.15, -0.1) is 0 Å². The Morgan fingerprint density at radius 1 is 1.39 bits per heavy atom. The van der Waals surface area contributed by atoms with Crippen molar-refractivity contribution in [3.8, 4) is 5.75 Å². The van der Waals surface area contributed by atoms with Crippen LogP contribution in [0.3, 0.4) is 0 Å². The summed E-state index contributed by atoms with van der Waals surface area (Å²) in [6, 6.07) is 5.99. The lowest BCUT2D eigenvalue weighted by Gasteiger charge is -2.12. The second kappa shape index (κ2) is 7.71. The molecular weight excluding hydrogens is 228 g/mol. The molecule has 0 saturated heterocycles. The summed E-state index contributed by atoms with van der Waals surface area (Å²) in [4.78, 5) is 11.2. The average Bonchev–Trinajstić information content (AvgIpc) is 2.37. The van der Waals surface area contributed by atoms with Crippen molar-refractivity contribution >= 4 is 5.91 Å². The number of rotatable bonds is 7. The van der Waals surface area contributed by atoms with Crippen molar-refractivity contribution in [3.63, 3.8) is 0 Å². The monoisotopic (exact) mass is 250 g/mol. The molecule has 0 fully saturated rings. The number of benzene rings is 1. The smallest absolute Gasteiger partial charge is 0.257 e. The fourth-order valence-corrected chi connectivity index (χ4v) is 1.60. The molecule has 0 atom stereocenters. The van der Waals surface area contributed by atoms with E-state index in [1.54, 1.807) is 7.05 Å². The molecule has 0 saturated carbocycles. The molecule has 0 aromatic heterocycles. The van der Waals surface area contributed by atoms with Gasteiger partial charge in [-0.25, -0.2) is 0 Å². The van der Waals surface area contributed by atoms with E-state index in [9.17, 15) is 4.79 Å². The summed E-state index contributed by atoms with van der Waals surface area (Å²) in [5, 5.41) is 5.88. The van der Waals surface area contributed by atoms with Gasteiger partial charge < -0.3 is 15.4 Å². The van der Waals surface area contributed by atoms with E-state index in [-0.39, 0.29) is 12.5 Å². The molecule has 0 aliphatic rings. The van der Waals surface area contributed by atoms with E-state index in [1.165, 1.54) is 5.56 Å². The summed E-state index contributed by atoms with van der Waals surface area (Å²) in [5.74, 6) is 0.649. The van der Waals surface area contributed by atoms with Gasteiger partial charge in [0, 0.05) is 19.2 Å². The highest BCUT2D eigenvalue weighted by molar-refractivity contribution is 5.77. The molecule has 4 heteroatoms. The second-order valence-electron chi connectivity index (χ2n) is 4.25. The van der Waals surface area contributed by atoms with Crippen LogP contribution < -0.4 is 15.4 Å². The predicted molar refractivity (Wildman–Crippen MR) is 72.7 cm³/mol. The normalized spacial score (nSPS) is 10.2. The van der Waals surface area contributed by atoms with E-state index >= 15 is 0 Å². The van der Waals surface area contributed by atoms with Gasteiger partial charge >= 0.3 is 0 Å². The SMILES string of the molecule is CCCNCc1cc(C)ccc1OCC(=O)NC. The van der Waals surface area contributed by atoms with Gasteiger partial charge in [-0.3, -0.25) is 4.79 Å². The first-order valence-electron chi connectivity index (χ1n) is 6.31. The Bertz CT molecular complexity index is 391. The lowest BCUT2D eigenvalue weighted by atomic mass is 10.1. The lowest BCUT2D eigenvalue weighted by Crippen LogP contribution is -2.25. The number of carbonyl (C=O) groups is 1. The number of ether oxygens (including phenoxy) is 1. The van der Waals surface area contributed by atoms with E-state index in [4.69, 9.17) is 4.74 Å². The molecule has 0 spiro atoms. The zero-order valence-corrected chi connectivity index (χ0v) is 11.4. The molecule has 1 rings (SSSR count). The van der Waals surface area contributed by atoms with E-state index in [2.05, 4.69) is 23.6 Å². The van der Waals surface area contributed by atoms with Crippen LogP contribution in [0.4, 0.5) is 0 Å². The summed E-state index contributed by atoms with van der Waals surface area (Å²) in [5.41, 5.74) is 2.28. The summed E-state index contributed by atoms with van der Waals surface area (Å²) in [6.07, 6.45) is 1.10. The van der Waals surface area contributed by atoms with Gasteiger partial charge in [0.2, 0.25) is 0 Å². The number of hydrogen-bond acceptors (Lipinski definition) is 3.